The lowest BCUT2D eigenvalue weighted by molar-refractivity contribution is 0.0465. The molecule has 19 heavy (non-hydrogen) atoms. The SMILES string of the molecule is CC1(O)CCCN(S(=O)(=O)CC2CCCCC2)CC1. The van der Waals surface area contributed by atoms with Crippen molar-refractivity contribution in [2.24, 2.45) is 5.92 Å². The van der Waals surface area contributed by atoms with E-state index in [0.717, 1.165) is 19.3 Å². The van der Waals surface area contributed by atoms with Crippen LogP contribution < -0.4 is 0 Å². The highest BCUT2D eigenvalue weighted by molar-refractivity contribution is 7.89. The van der Waals surface area contributed by atoms with Crippen molar-refractivity contribution < 1.29 is 13.5 Å². The first-order valence-electron chi connectivity index (χ1n) is 7.59. The second-order valence-electron chi connectivity index (χ2n) is 6.53. The molecule has 1 aliphatic carbocycles. The van der Waals surface area contributed by atoms with Crippen molar-refractivity contribution in [2.45, 2.75) is 63.9 Å². The second kappa shape index (κ2) is 6.10. The van der Waals surface area contributed by atoms with Gasteiger partial charge in [-0.1, -0.05) is 19.3 Å². The van der Waals surface area contributed by atoms with Crippen molar-refractivity contribution in [3.63, 3.8) is 0 Å². The molecule has 112 valence electrons. The van der Waals surface area contributed by atoms with Crippen LogP contribution in [0.4, 0.5) is 0 Å². The Morgan fingerprint density at radius 2 is 1.79 bits per heavy atom. The van der Waals surface area contributed by atoms with Gasteiger partial charge in [-0.05, 0) is 44.9 Å². The highest BCUT2D eigenvalue weighted by Gasteiger charge is 2.32. The quantitative estimate of drug-likeness (QED) is 0.866. The Kier molecular flexibility index (Phi) is 4.90. The Balaban J connectivity index is 1.94. The molecule has 0 aromatic heterocycles. The summed E-state index contributed by atoms with van der Waals surface area (Å²) in [5, 5.41) is 10.0. The topological polar surface area (TPSA) is 57.6 Å². The van der Waals surface area contributed by atoms with Crippen molar-refractivity contribution in [1.29, 1.82) is 0 Å². The summed E-state index contributed by atoms with van der Waals surface area (Å²) in [4.78, 5) is 0. The lowest BCUT2D eigenvalue weighted by Gasteiger charge is -2.26. The van der Waals surface area contributed by atoms with Crippen LogP contribution in [0.15, 0.2) is 0 Å². The highest BCUT2D eigenvalue weighted by Crippen LogP contribution is 2.28. The van der Waals surface area contributed by atoms with Crippen LogP contribution in [-0.4, -0.2) is 42.3 Å². The Hall–Kier alpha value is -0.130. The van der Waals surface area contributed by atoms with Gasteiger partial charge in [-0.25, -0.2) is 12.7 Å². The molecule has 0 aromatic rings. The summed E-state index contributed by atoms with van der Waals surface area (Å²) in [6.07, 6.45) is 7.73. The largest absolute Gasteiger partial charge is 0.390 e. The maximum Gasteiger partial charge on any atom is 0.214 e. The average molecular weight is 289 g/mol. The van der Waals surface area contributed by atoms with Gasteiger partial charge in [0.1, 0.15) is 0 Å². The molecule has 0 amide bonds. The van der Waals surface area contributed by atoms with E-state index in [0.29, 0.717) is 37.6 Å². The molecular formula is C14H27NO3S. The maximum atomic E-state index is 12.5. The van der Waals surface area contributed by atoms with Crippen LogP contribution in [0.1, 0.15) is 58.3 Å². The number of hydrogen-bond acceptors (Lipinski definition) is 3. The molecule has 2 fully saturated rings. The fourth-order valence-electron chi connectivity index (χ4n) is 3.27. The molecule has 2 aliphatic rings. The van der Waals surface area contributed by atoms with Crippen LogP contribution in [0, 0.1) is 5.92 Å². The number of aliphatic hydroxyl groups is 1. The smallest absolute Gasteiger partial charge is 0.214 e. The fraction of sp³-hybridized carbons (Fsp3) is 1.00. The zero-order valence-electron chi connectivity index (χ0n) is 12.0. The number of rotatable bonds is 3. The normalized spacial score (nSPS) is 32.1. The molecule has 2 rings (SSSR count). The van der Waals surface area contributed by atoms with Crippen molar-refractivity contribution in [2.75, 3.05) is 18.8 Å². The van der Waals surface area contributed by atoms with Gasteiger partial charge in [0.25, 0.3) is 0 Å². The molecule has 0 bridgehead atoms. The van der Waals surface area contributed by atoms with Gasteiger partial charge in [-0.15, -0.1) is 0 Å². The molecule has 0 aromatic carbocycles. The summed E-state index contributed by atoms with van der Waals surface area (Å²) in [7, 11) is -3.13. The van der Waals surface area contributed by atoms with Crippen LogP contribution in [0.5, 0.6) is 0 Å². The van der Waals surface area contributed by atoms with Crippen LogP contribution in [0.2, 0.25) is 0 Å². The van der Waals surface area contributed by atoms with E-state index in [9.17, 15) is 13.5 Å². The predicted molar refractivity (Wildman–Crippen MR) is 76.4 cm³/mol. The lowest BCUT2D eigenvalue weighted by Crippen LogP contribution is -2.37. The van der Waals surface area contributed by atoms with Crippen molar-refractivity contribution >= 4 is 10.0 Å². The van der Waals surface area contributed by atoms with Crippen LogP contribution in [0.3, 0.4) is 0 Å². The van der Waals surface area contributed by atoms with Gasteiger partial charge in [-0.2, -0.15) is 0 Å². The monoisotopic (exact) mass is 289 g/mol. The molecule has 1 atom stereocenters. The fourth-order valence-corrected chi connectivity index (χ4v) is 5.19. The Morgan fingerprint density at radius 1 is 1.11 bits per heavy atom. The van der Waals surface area contributed by atoms with Crippen molar-refractivity contribution in [3.8, 4) is 0 Å². The van der Waals surface area contributed by atoms with Gasteiger partial charge in [-0.3, -0.25) is 0 Å². The molecular weight excluding hydrogens is 262 g/mol. The first-order chi connectivity index (χ1) is 8.89. The van der Waals surface area contributed by atoms with E-state index in [4.69, 9.17) is 0 Å². The Labute approximate surface area is 117 Å². The van der Waals surface area contributed by atoms with Crippen molar-refractivity contribution in [3.05, 3.63) is 0 Å². The summed E-state index contributed by atoms with van der Waals surface area (Å²) in [5.74, 6) is 0.664. The van der Waals surface area contributed by atoms with E-state index in [-0.39, 0.29) is 0 Å². The molecule has 0 radical (unpaired) electrons. The van der Waals surface area contributed by atoms with E-state index in [2.05, 4.69) is 0 Å². The zero-order chi connectivity index (χ0) is 13.9. The van der Waals surface area contributed by atoms with Gasteiger partial charge < -0.3 is 5.11 Å². The van der Waals surface area contributed by atoms with E-state index in [1.165, 1.54) is 19.3 Å². The summed E-state index contributed by atoms with van der Waals surface area (Å²) in [6.45, 7) is 2.86. The summed E-state index contributed by atoms with van der Waals surface area (Å²) < 4.78 is 26.5. The highest BCUT2D eigenvalue weighted by atomic mass is 32.2. The van der Waals surface area contributed by atoms with Crippen LogP contribution >= 0.6 is 0 Å². The Morgan fingerprint density at radius 3 is 2.47 bits per heavy atom. The third kappa shape index (κ3) is 4.43. The molecule has 4 nitrogen and oxygen atoms in total. The van der Waals surface area contributed by atoms with Crippen LogP contribution in [0.25, 0.3) is 0 Å². The standard InChI is InChI=1S/C14H27NO3S/c1-14(16)8-5-10-15(11-9-14)19(17,18)12-13-6-3-2-4-7-13/h13,16H,2-12H2,1H3. The molecule has 5 heteroatoms. The molecule has 0 spiro atoms. The number of sulfonamides is 1. The lowest BCUT2D eigenvalue weighted by atomic mass is 9.91. The summed E-state index contributed by atoms with van der Waals surface area (Å²) >= 11 is 0. The second-order valence-corrected chi connectivity index (χ2v) is 8.55. The molecule has 1 aliphatic heterocycles. The third-order valence-electron chi connectivity index (χ3n) is 4.59. The summed E-state index contributed by atoms with van der Waals surface area (Å²) in [5.41, 5.74) is -0.699. The third-order valence-corrected chi connectivity index (χ3v) is 6.63. The zero-order valence-corrected chi connectivity index (χ0v) is 12.8. The van der Waals surface area contributed by atoms with Crippen LogP contribution in [-0.2, 0) is 10.0 Å². The summed E-state index contributed by atoms with van der Waals surface area (Å²) in [6, 6.07) is 0. The average Bonchev–Trinajstić information content (AvgIpc) is 2.51. The maximum absolute atomic E-state index is 12.5. The van der Waals surface area contributed by atoms with Crippen molar-refractivity contribution in [1.82, 2.24) is 4.31 Å². The molecule has 1 heterocycles. The van der Waals surface area contributed by atoms with E-state index >= 15 is 0 Å². The van der Waals surface area contributed by atoms with Gasteiger partial charge in [0.05, 0.1) is 11.4 Å². The van der Waals surface area contributed by atoms with E-state index < -0.39 is 15.6 Å². The van der Waals surface area contributed by atoms with E-state index in [1.807, 2.05) is 6.92 Å². The Bertz CT molecular complexity index is 385. The molecule has 1 N–H and O–H groups in total. The van der Waals surface area contributed by atoms with E-state index in [1.54, 1.807) is 4.31 Å². The number of hydrogen-bond donors (Lipinski definition) is 1. The van der Waals surface area contributed by atoms with Gasteiger partial charge >= 0.3 is 0 Å². The predicted octanol–water partition coefficient (Wildman–Crippen LogP) is 2.13. The number of nitrogens with zero attached hydrogens (tertiary/aromatic N) is 1. The van der Waals surface area contributed by atoms with Gasteiger partial charge in [0.15, 0.2) is 0 Å². The minimum absolute atomic E-state index is 0.315. The first kappa shape index (κ1) is 15.3. The minimum Gasteiger partial charge on any atom is -0.390 e. The molecule has 1 saturated carbocycles. The molecule has 1 saturated heterocycles. The first-order valence-corrected chi connectivity index (χ1v) is 9.20. The minimum atomic E-state index is -3.13. The molecule has 1 unspecified atom stereocenters. The van der Waals surface area contributed by atoms with Gasteiger partial charge in [0.2, 0.25) is 10.0 Å². The van der Waals surface area contributed by atoms with Gasteiger partial charge in [0, 0.05) is 13.1 Å².